The number of aliphatic imine (C=N–C) groups is 1. The van der Waals surface area contributed by atoms with Gasteiger partial charge in [0.05, 0.1) is 6.54 Å². The smallest absolute Gasteiger partial charge is 0.257 e. The Morgan fingerprint density at radius 1 is 1.03 bits per heavy atom. The minimum atomic E-state index is -0.697. The van der Waals surface area contributed by atoms with E-state index in [1.54, 1.807) is 29.2 Å². The standard InChI is InChI=1S/C27H32ClN5O3/c1-19-7-6-8-22(17-19)29-27(31-25(35)20-10-12-21(28)13-11-20)30-23-9-2-3-16-33(26(23)36)18-24(34)32-14-4-5-15-32/h6-8,10-13,17,23H,2-5,9,14-16,18H2,1H3,(H2,29,30,31,35)/t23-/m0/s1. The van der Waals surface area contributed by atoms with Crippen LogP contribution in [0.15, 0.2) is 53.5 Å². The molecule has 0 saturated carbocycles. The SMILES string of the molecule is Cc1cccc(NC(=N[C@H]2CCCCN(CC(=O)N3CCCC3)C2=O)NC(=O)c2ccc(Cl)cc2)c1. The van der Waals surface area contributed by atoms with Crippen molar-refractivity contribution in [1.29, 1.82) is 0 Å². The number of carbonyl (C=O) groups excluding carboxylic acids is 3. The van der Waals surface area contributed by atoms with Crippen LogP contribution in [0.2, 0.25) is 5.02 Å². The molecule has 2 fully saturated rings. The number of carbonyl (C=O) groups is 3. The number of guanidine groups is 1. The van der Waals surface area contributed by atoms with Gasteiger partial charge in [0.25, 0.3) is 5.91 Å². The molecule has 4 rings (SSSR count). The fourth-order valence-corrected chi connectivity index (χ4v) is 4.61. The molecule has 2 aliphatic rings. The third-order valence-electron chi connectivity index (χ3n) is 6.44. The molecule has 8 nitrogen and oxygen atoms in total. The van der Waals surface area contributed by atoms with Crippen LogP contribution in [0.25, 0.3) is 0 Å². The van der Waals surface area contributed by atoms with Crippen molar-refractivity contribution in [2.24, 2.45) is 4.99 Å². The van der Waals surface area contributed by atoms with E-state index in [9.17, 15) is 14.4 Å². The quantitative estimate of drug-likeness (QED) is 0.473. The molecule has 0 bridgehead atoms. The third-order valence-corrected chi connectivity index (χ3v) is 6.69. The lowest BCUT2D eigenvalue weighted by molar-refractivity contribution is -0.140. The lowest BCUT2D eigenvalue weighted by Gasteiger charge is -2.25. The van der Waals surface area contributed by atoms with Crippen molar-refractivity contribution < 1.29 is 14.4 Å². The molecule has 3 amide bonds. The number of anilines is 1. The van der Waals surface area contributed by atoms with E-state index in [2.05, 4.69) is 15.6 Å². The topological polar surface area (TPSA) is 94.1 Å². The van der Waals surface area contributed by atoms with Crippen molar-refractivity contribution in [3.63, 3.8) is 0 Å². The number of nitrogens with one attached hydrogen (secondary N) is 2. The monoisotopic (exact) mass is 509 g/mol. The maximum atomic E-state index is 13.4. The highest BCUT2D eigenvalue weighted by Gasteiger charge is 2.30. The fraction of sp³-hybridized carbons (Fsp3) is 0.407. The van der Waals surface area contributed by atoms with Crippen LogP contribution in [-0.4, -0.2) is 65.7 Å². The second-order valence-electron chi connectivity index (χ2n) is 9.29. The lowest BCUT2D eigenvalue weighted by Crippen LogP contribution is -2.45. The van der Waals surface area contributed by atoms with Crippen molar-refractivity contribution in [3.8, 4) is 0 Å². The molecular formula is C27H32ClN5O3. The molecule has 2 saturated heterocycles. The number of aryl methyl sites for hydroxylation is 1. The molecule has 0 aliphatic carbocycles. The summed E-state index contributed by atoms with van der Waals surface area (Å²) in [5.41, 5.74) is 2.20. The normalized spacial score (nSPS) is 18.7. The Labute approximate surface area is 216 Å². The summed E-state index contributed by atoms with van der Waals surface area (Å²) in [4.78, 5) is 47.2. The van der Waals surface area contributed by atoms with E-state index in [0.717, 1.165) is 50.0 Å². The van der Waals surface area contributed by atoms with Gasteiger partial charge in [-0.2, -0.15) is 0 Å². The fourth-order valence-electron chi connectivity index (χ4n) is 4.48. The average Bonchev–Trinajstić information content (AvgIpc) is 3.35. The van der Waals surface area contributed by atoms with Crippen molar-refractivity contribution >= 4 is 41.0 Å². The number of amides is 3. The second kappa shape index (κ2) is 12.0. The van der Waals surface area contributed by atoms with E-state index in [1.165, 1.54) is 0 Å². The molecule has 1 atom stereocenters. The minimum absolute atomic E-state index is 0.0142. The molecule has 190 valence electrons. The first kappa shape index (κ1) is 25.7. The van der Waals surface area contributed by atoms with E-state index in [0.29, 0.717) is 23.6 Å². The first-order valence-electron chi connectivity index (χ1n) is 12.4. The summed E-state index contributed by atoms with van der Waals surface area (Å²) < 4.78 is 0. The zero-order valence-electron chi connectivity index (χ0n) is 20.5. The van der Waals surface area contributed by atoms with E-state index in [1.807, 2.05) is 36.1 Å². The predicted octanol–water partition coefficient (Wildman–Crippen LogP) is 3.85. The Hall–Kier alpha value is -3.39. The number of hydrogen-bond acceptors (Lipinski definition) is 4. The second-order valence-corrected chi connectivity index (χ2v) is 9.73. The van der Waals surface area contributed by atoms with Gasteiger partial charge in [-0.05, 0) is 81.0 Å². The van der Waals surface area contributed by atoms with E-state index < -0.39 is 6.04 Å². The minimum Gasteiger partial charge on any atom is -0.341 e. The summed E-state index contributed by atoms with van der Waals surface area (Å²) >= 11 is 5.96. The maximum absolute atomic E-state index is 13.4. The van der Waals surface area contributed by atoms with Gasteiger partial charge in [-0.3, -0.25) is 19.7 Å². The zero-order chi connectivity index (χ0) is 25.5. The van der Waals surface area contributed by atoms with Crippen LogP contribution in [0, 0.1) is 6.92 Å². The molecule has 36 heavy (non-hydrogen) atoms. The van der Waals surface area contributed by atoms with Crippen LogP contribution < -0.4 is 10.6 Å². The van der Waals surface area contributed by atoms with Crippen LogP contribution in [0.5, 0.6) is 0 Å². The van der Waals surface area contributed by atoms with Gasteiger partial charge in [0.2, 0.25) is 17.8 Å². The van der Waals surface area contributed by atoms with E-state index in [4.69, 9.17) is 11.6 Å². The number of rotatable bonds is 5. The maximum Gasteiger partial charge on any atom is 0.257 e. The van der Waals surface area contributed by atoms with Gasteiger partial charge in [-0.15, -0.1) is 0 Å². The molecule has 2 N–H and O–H groups in total. The van der Waals surface area contributed by atoms with Crippen molar-refractivity contribution in [2.75, 3.05) is 31.5 Å². The van der Waals surface area contributed by atoms with Crippen molar-refractivity contribution in [1.82, 2.24) is 15.1 Å². The molecular weight excluding hydrogens is 478 g/mol. The number of hydrogen-bond donors (Lipinski definition) is 2. The Morgan fingerprint density at radius 2 is 1.75 bits per heavy atom. The number of likely N-dealkylation sites (tertiary alicyclic amines) is 2. The van der Waals surface area contributed by atoms with Gasteiger partial charge in [-0.1, -0.05) is 23.7 Å². The highest BCUT2D eigenvalue weighted by Crippen LogP contribution is 2.18. The van der Waals surface area contributed by atoms with Crippen molar-refractivity contribution in [2.45, 2.75) is 45.1 Å². The van der Waals surface area contributed by atoms with Crippen LogP contribution in [0.1, 0.15) is 48.0 Å². The molecule has 2 aromatic carbocycles. The van der Waals surface area contributed by atoms with Crippen LogP contribution in [0.3, 0.4) is 0 Å². The van der Waals surface area contributed by atoms with Crippen LogP contribution in [-0.2, 0) is 9.59 Å². The summed E-state index contributed by atoms with van der Waals surface area (Å²) in [5.74, 6) is -0.386. The first-order valence-corrected chi connectivity index (χ1v) is 12.8. The summed E-state index contributed by atoms with van der Waals surface area (Å²) in [6.07, 6.45) is 4.17. The summed E-state index contributed by atoms with van der Waals surface area (Å²) in [6.45, 7) is 4.08. The molecule has 9 heteroatoms. The van der Waals surface area contributed by atoms with Gasteiger partial charge in [0.15, 0.2) is 0 Å². The highest BCUT2D eigenvalue weighted by molar-refractivity contribution is 6.30. The number of nitrogens with zero attached hydrogens (tertiary/aromatic N) is 3. The molecule has 0 unspecified atom stereocenters. The molecule has 2 aromatic rings. The highest BCUT2D eigenvalue weighted by atomic mass is 35.5. The van der Waals surface area contributed by atoms with Gasteiger partial charge < -0.3 is 15.1 Å². The Bertz CT molecular complexity index is 1130. The summed E-state index contributed by atoms with van der Waals surface area (Å²) in [7, 11) is 0. The molecule has 2 aliphatic heterocycles. The lowest BCUT2D eigenvalue weighted by atomic mass is 10.1. The van der Waals surface area contributed by atoms with Gasteiger partial charge in [0.1, 0.15) is 6.04 Å². The average molecular weight is 510 g/mol. The van der Waals surface area contributed by atoms with Crippen LogP contribution >= 0.6 is 11.6 Å². The number of halogens is 1. The molecule has 2 heterocycles. The third kappa shape index (κ3) is 6.85. The summed E-state index contributed by atoms with van der Waals surface area (Å²) in [6, 6.07) is 13.5. The zero-order valence-corrected chi connectivity index (χ0v) is 21.3. The van der Waals surface area contributed by atoms with Crippen molar-refractivity contribution in [3.05, 3.63) is 64.7 Å². The molecule has 0 radical (unpaired) electrons. The largest absolute Gasteiger partial charge is 0.341 e. The summed E-state index contributed by atoms with van der Waals surface area (Å²) in [5, 5.41) is 6.52. The van der Waals surface area contributed by atoms with Crippen LogP contribution in [0.4, 0.5) is 5.69 Å². The molecule has 0 aromatic heterocycles. The van der Waals surface area contributed by atoms with E-state index in [-0.39, 0.29) is 30.2 Å². The Kier molecular flexibility index (Phi) is 8.59. The Morgan fingerprint density at radius 3 is 2.47 bits per heavy atom. The first-order chi connectivity index (χ1) is 17.4. The molecule has 0 spiro atoms. The van der Waals surface area contributed by atoms with Gasteiger partial charge >= 0.3 is 0 Å². The number of benzene rings is 2. The van der Waals surface area contributed by atoms with Gasteiger partial charge in [0, 0.05) is 35.9 Å². The Balaban J connectivity index is 1.55. The predicted molar refractivity (Wildman–Crippen MR) is 141 cm³/mol. The van der Waals surface area contributed by atoms with Gasteiger partial charge in [-0.25, -0.2) is 4.99 Å². The van der Waals surface area contributed by atoms with E-state index >= 15 is 0 Å².